The molecular formula is C19H24N2O3. The van der Waals surface area contributed by atoms with Crippen LogP contribution in [0.5, 0.6) is 5.75 Å². The molecule has 2 aromatic rings. The fourth-order valence-electron chi connectivity index (χ4n) is 3.64. The average Bonchev–Trinajstić information content (AvgIpc) is 2.80. The first-order chi connectivity index (χ1) is 11.5. The molecule has 0 N–H and O–H groups in total. The fourth-order valence-corrected chi connectivity index (χ4v) is 3.64. The van der Waals surface area contributed by atoms with Gasteiger partial charge in [0.2, 0.25) is 5.91 Å². The molecule has 0 bridgehead atoms. The second-order valence-electron chi connectivity index (χ2n) is 6.36. The molecule has 0 fully saturated rings. The van der Waals surface area contributed by atoms with Crippen LogP contribution in [0, 0.1) is 13.8 Å². The molecule has 5 nitrogen and oxygen atoms in total. The van der Waals surface area contributed by atoms with Crippen LogP contribution in [0.3, 0.4) is 0 Å². The van der Waals surface area contributed by atoms with Crippen LogP contribution in [0.4, 0.5) is 5.69 Å². The second kappa shape index (κ2) is 6.67. The van der Waals surface area contributed by atoms with Gasteiger partial charge in [-0.15, -0.1) is 0 Å². The van der Waals surface area contributed by atoms with Crippen molar-refractivity contribution < 1.29 is 14.1 Å². The normalized spacial score (nSPS) is 15.6. The van der Waals surface area contributed by atoms with Gasteiger partial charge < -0.3 is 14.2 Å². The quantitative estimate of drug-likeness (QED) is 0.860. The third-order valence-electron chi connectivity index (χ3n) is 4.84. The lowest BCUT2D eigenvalue weighted by Gasteiger charge is -2.26. The minimum absolute atomic E-state index is 0.0841. The monoisotopic (exact) mass is 328 g/mol. The zero-order valence-corrected chi connectivity index (χ0v) is 14.8. The number of ether oxygens (including phenoxy) is 1. The number of hydrogen-bond acceptors (Lipinski definition) is 4. The van der Waals surface area contributed by atoms with E-state index in [1.165, 1.54) is 0 Å². The van der Waals surface area contributed by atoms with Crippen LogP contribution >= 0.6 is 0 Å². The highest BCUT2D eigenvalue weighted by molar-refractivity contribution is 5.99. The Hall–Kier alpha value is -2.30. The van der Waals surface area contributed by atoms with Crippen molar-refractivity contribution in [1.82, 2.24) is 5.16 Å². The largest absolute Gasteiger partial charge is 0.496 e. The minimum atomic E-state index is -0.284. The summed E-state index contributed by atoms with van der Waals surface area (Å²) < 4.78 is 10.7. The number of amides is 1. The Balaban J connectivity index is 1.99. The van der Waals surface area contributed by atoms with Crippen LogP contribution in [-0.4, -0.2) is 24.7 Å². The van der Waals surface area contributed by atoms with Crippen LogP contribution in [0.2, 0.25) is 0 Å². The summed E-state index contributed by atoms with van der Waals surface area (Å²) >= 11 is 0. The summed E-state index contributed by atoms with van der Waals surface area (Å²) in [5.74, 6) is 1.38. The minimum Gasteiger partial charge on any atom is -0.496 e. The Kier molecular flexibility index (Phi) is 4.60. The first-order valence-corrected chi connectivity index (χ1v) is 8.44. The predicted molar refractivity (Wildman–Crippen MR) is 92.7 cm³/mol. The van der Waals surface area contributed by atoms with Gasteiger partial charge in [0.05, 0.1) is 24.4 Å². The third kappa shape index (κ3) is 2.79. The highest BCUT2D eigenvalue weighted by atomic mass is 16.5. The molecule has 1 aliphatic heterocycles. The molecule has 1 atom stereocenters. The van der Waals surface area contributed by atoms with E-state index in [0.29, 0.717) is 5.76 Å². The van der Waals surface area contributed by atoms with Crippen molar-refractivity contribution in [1.29, 1.82) is 0 Å². The lowest BCUT2D eigenvalue weighted by molar-refractivity contribution is -0.119. The fraction of sp³-hybridized carbons (Fsp3) is 0.474. The Morgan fingerprint density at radius 2 is 2.12 bits per heavy atom. The molecule has 1 aromatic carbocycles. The zero-order valence-electron chi connectivity index (χ0n) is 14.8. The number of nitrogens with zero attached hydrogens (tertiary/aromatic N) is 2. The van der Waals surface area contributed by atoms with E-state index in [2.05, 4.69) is 5.16 Å². The topological polar surface area (TPSA) is 55.6 Å². The number of aromatic nitrogens is 1. The summed E-state index contributed by atoms with van der Waals surface area (Å²) in [6.45, 7) is 6.40. The molecule has 0 radical (unpaired) electrons. The van der Waals surface area contributed by atoms with E-state index >= 15 is 0 Å². The first-order valence-electron chi connectivity index (χ1n) is 8.44. The molecule has 0 aliphatic carbocycles. The zero-order chi connectivity index (χ0) is 17.3. The van der Waals surface area contributed by atoms with Crippen molar-refractivity contribution in [3.63, 3.8) is 0 Å². The SMILES string of the molecule is COc1cccc2c1CCCCN2C(=O)[C@H](C)c1c(C)noc1C. The van der Waals surface area contributed by atoms with Crippen molar-refractivity contribution in [3.05, 3.63) is 40.8 Å². The highest BCUT2D eigenvalue weighted by Crippen LogP contribution is 2.35. The summed E-state index contributed by atoms with van der Waals surface area (Å²) in [4.78, 5) is 15.1. The number of methoxy groups -OCH3 is 1. The van der Waals surface area contributed by atoms with E-state index in [1.54, 1.807) is 7.11 Å². The van der Waals surface area contributed by atoms with Gasteiger partial charge in [0, 0.05) is 17.7 Å². The van der Waals surface area contributed by atoms with Crippen molar-refractivity contribution in [2.45, 2.75) is 46.0 Å². The van der Waals surface area contributed by atoms with E-state index in [1.807, 2.05) is 43.9 Å². The molecule has 128 valence electrons. The van der Waals surface area contributed by atoms with Crippen LogP contribution in [0.25, 0.3) is 0 Å². The molecule has 2 heterocycles. The van der Waals surface area contributed by atoms with E-state index in [0.717, 1.165) is 54.1 Å². The van der Waals surface area contributed by atoms with Gasteiger partial charge in [0.1, 0.15) is 11.5 Å². The Labute approximate surface area is 142 Å². The van der Waals surface area contributed by atoms with E-state index in [4.69, 9.17) is 9.26 Å². The van der Waals surface area contributed by atoms with Gasteiger partial charge in [0.15, 0.2) is 0 Å². The number of aryl methyl sites for hydroxylation is 2. The van der Waals surface area contributed by atoms with Gasteiger partial charge in [-0.3, -0.25) is 4.79 Å². The summed E-state index contributed by atoms with van der Waals surface area (Å²) in [6, 6.07) is 5.93. The van der Waals surface area contributed by atoms with E-state index in [9.17, 15) is 4.79 Å². The van der Waals surface area contributed by atoms with Crippen molar-refractivity contribution >= 4 is 11.6 Å². The summed E-state index contributed by atoms with van der Waals surface area (Å²) in [7, 11) is 1.68. The average molecular weight is 328 g/mol. The molecule has 5 heteroatoms. The van der Waals surface area contributed by atoms with Gasteiger partial charge in [0.25, 0.3) is 0 Å². The smallest absolute Gasteiger partial charge is 0.234 e. The highest BCUT2D eigenvalue weighted by Gasteiger charge is 2.30. The van der Waals surface area contributed by atoms with Gasteiger partial charge in [-0.1, -0.05) is 11.2 Å². The van der Waals surface area contributed by atoms with Crippen LogP contribution in [0.15, 0.2) is 22.7 Å². The number of benzene rings is 1. The van der Waals surface area contributed by atoms with Gasteiger partial charge >= 0.3 is 0 Å². The number of carbonyl (C=O) groups is 1. The van der Waals surface area contributed by atoms with Crippen LogP contribution in [-0.2, 0) is 11.2 Å². The van der Waals surface area contributed by atoms with E-state index < -0.39 is 0 Å². The van der Waals surface area contributed by atoms with Gasteiger partial charge in [-0.05, 0) is 52.2 Å². The standard InChI is InChI=1S/C19H24N2O3/c1-12(18-13(2)20-24-14(18)3)19(22)21-11-6-5-8-15-16(21)9-7-10-17(15)23-4/h7,9-10,12H,5-6,8,11H2,1-4H3/t12-/m1/s1. The number of fused-ring (bicyclic) bond motifs is 1. The van der Waals surface area contributed by atoms with Gasteiger partial charge in [-0.25, -0.2) is 0 Å². The lowest BCUT2D eigenvalue weighted by Crippen LogP contribution is -2.35. The summed E-state index contributed by atoms with van der Waals surface area (Å²) in [6.07, 6.45) is 2.97. The summed E-state index contributed by atoms with van der Waals surface area (Å²) in [5, 5.41) is 3.99. The maximum atomic E-state index is 13.2. The molecular weight excluding hydrogens is 304 g/mol. The molecule has 1 aliphatic rings. The van der Waals surface area contributed by atoms with Crippen molar-refractivity contribution in [2.75, 3.05) is 18.6 Å². The molecule has 1 amide bonds. The molecule has 0 unspecified atom stereocenters. The molecule has 0 spiro atoms. The predicted octanol–water partition coefficient (Wildman–Crippen LogP) is 3.77. The third-order valence-corrected chi connectivity index (χ3v) is 4.84. The summed E-state index contributed by atoms with van der Waals surface area (Å²) in [5.41, 5.74) is 3.77. The van der Waals surface area contributed by atoms with Crippen LogP contribution < -0.4 is 9.64 Å². The number of carbonyl (C=O) groups excluding carboxylic acids is 1. The van der Waals surface area contributed by atoms with E-state index in [-0.39, 0.29) is 11.8 Å². The first kappa shape index (κ1) is 16.6. The lowest BCUT2D eigenvalue weighted by atomic mass is 9.97. The number of anilines is 1. The number of hydrogen-bond donors (Lipinski definition) is 0. The molecule has 3 rings (SSSR count). The maximum absolute atomic E-state index is 13.2. The second-order valence-corrected chi connectivity index (χ2v) is 6.36. The molecule has 24 heavy (non-hydrogen) atoms. The Bertz CT molecular complexity index is 732. The van der Waals surface area contributed by atoms with Gasteiger partial charge in [-0.2, -0.15) is 0 Å². The van der Waals surface area contributed by atoms with Crippen LogP contribution in [0.1, 0.15) is 48.3 Å². The molecule has 0 saturated heterocycles. The number of rotatable bonds is 3. The maximum Gasteiger partial charge on any atom is 0.234 e. The molecule has 1 aromatic heterocycles. The molecule has 0 saturated carbocycles. The Morgan fingerprint density at radius 3 is 2.79 bits per heavy atom. The van der Waals surface area contributed by atoms with Crippen molar-refractivity contribution in [2.24, 2.45) is 0 Å². The Morgan fingerprint density at radius 1 is 1.33 bits per heavy atom. The van der Waals surface area contributed by atoms with Crippen molar-refractivity contribution in [3.8, 4) is 5.75 Å².